The summed E-state index contributed by atoms with van der Waals surface area (Å²) in [7, 11) is 2.96. The van der Waals surface area contributed by atoms with E-state index < -0.39 is 0 Å². The summed E-state index contributed by atoms with van der Waals surface area (Å²) in [5.41, 5.74) is 1.87. The van der Waals surface area contributed by atoms with Gasteiger partial charge in [-0.3, -0.25) is 4.79 Å². The summed E-state index contributed by atoms with van der Waals surface area (Å²) in [6, 6.07) is 3.79. The summed E-state index contributed by atoms with van der Waals surface area (Å²) in [6.07, 6.45) is 0.216. The molecule has 0 heterocycles. The number of hydrogen-bond acceptors (Lipinski definition) is 3. The zero-order chi connectivity index (χ0) is 12.1. The number of rotatable bonds is 4. The zero-order valence-electron chi connectivity index (χ0n) is 9.05. The second kappa shape index (κ2) is 6.25. The number of hydrogen-bond donors (Lipinski definition) is 0. The summed E-state index contributed by atoms with van der Waals surface area (Å²) in [5, 5.41) is 0.662. The molecule has 0 fully saturated rings. The average molecular weight is 352 g/mol. The molecule has 0 radical (unpaired) electrons. The topological polar surface area (TPSA) is 35.5 Å². The smallest absolute Gasteiger partial charge is 0.310 e. The lowest BCUT2D eigenvalue weighted by Gasteiger charge is -2.12. The fraction of sp³-hybridized carbons (Fsp3) is 0.364. The van der Waals surface area contributed by atoms with E-state index in [2.05, 4.69) is 36.6 Å². The van der Waals surface area contributed by atoms with Crippen LogP contribution in [-0.4, -0.2) is 20.2 Å². The van der Waals surface area contributed by atoms with Crippen molar-refractivity contribution in [1.82, 2.24) is 0 Å². The van der Waals surface area contributed by atoms with E-state index in [9.17, 15) is 4.79 Å². The molecule has 0 aliphatic heterocycles. The number of methoxy groups -OCH3 is 2. The van der Waals surface area contributed by atoms with Gasteiger partial charge in [0.15, 0.2) is 0 Å². The molecule has 3 nitrogen and oxygen atoms in total. The van der Waals surface area contributed by atoms with Gasteiger partial charge in [-0.25, -0.2) is 0 Å². The standard InChI is InChI=1S/C11H12Br2O3/c1-15-10-4-8(13)3-7(6-12)9(10)5-11(14)16-2/h3-4H,5-6H2,1-2H3. The number of carbonyl (C=O) groups is 1. The van der Waals surface area contributed by atoms with Crippen molar-refractivity contribution in [3.05, 3.63) is 27.7 Å². The second-order valence-corrected chi connectivity index (χ2v) is 4.61. The van der Waals surface area contributed by atoms with Crippen LogP contribution in [0.15, 0.2) is 16.6 Å². The van der Waals surface area contributed by atoms with Crippen LogP contribution in [-0.2, 0) is 21.3 Å². The number of ether oxygens (including phenoxy) is 2. The van der Waals surface area contributed by atoms with E-state index in [0.29, 0.717) is 11.1 Å². The molecule has 1 rings (SSSR count). The molecule has 0 bridgehead atoms. The lowest BCUT2D eigenvalue weighted by atomic mass is 10.0. The molecule has 0 spiro atoms. The highest BCUT2D eigenvalue weighted by Crippen LogP contribution is 2.29. The molecule has 16 heavy (non-hydrogen) atoms. The van der Waals surface area contributed by atoms with E-state index in [1.165, 1.54) is 7.11 Å². The Hall–Kier alpha value is -0.550. The first-order valence-corrected chi connectivity index (χ1v) is 6.51. The molecule has 0 aliphatic rings. The maximum absolute atomic E-state index is 11.3. The number of halogens is 2. The van der Waals surface area contributed by atoms with Gasteiger partial charge in [-0.15, -0.1) is 0 Å². The molecule has 0 amide bonds. The number of carbonyl (C=O) groups excluding carboxylic acids is 1. The summed E-state index contributed by atoms with van der Waals surface area (Å²) in [4.78, 5) is 11.3. The van der Waals surface area contributed by atoms with Crippen LogP contribution in [0.5, 0.6) is 5.75 Å². The van der Waals surface area contributed by atoms with Crippen LogP contribution in [0.4, 0.5) is 0 Å². The van der Waals surface area contributed by atoms with Crippen molar-refractivity contribution in [3.63, 3.8) is 0 Å². The van der Waals surface area contributed by atoms with E-state index in [4.69, 9.17) is 4.74 Å². The Balaban J connectivity index is 3.16. The SMILES string of the molecule is COC(=O)Cc1c(CBr)cc(Br)cc1OC. The van der Waals surface area contributed by atoms with Gasteiger partial charge >= 0.3 is 5.97 Å². The first-order valence-electron chi connectivity index (χ1n) is 4.60. The van der Waals surface area contributed by atoms with E-state index in [-0.39, 0.29) is 12.4 Å². The van der Waals surface area contributed by atoms with Gasteiger partial charge in [0.25, 0.3) is 0 Å². The van der Waals surface area contributed by atoms with Crippen LogP contribution < -0.4 is 4.74 Å². The lowest BCUT2D eigenvalue weighted by Crippen LogP contribution is -2.08. The Kier molecular flexibility index (Phi) is 5.28. The van der Waals surface area contributed by atoms with Gasteiger partial charge < -0.3 is 9.47 Å². The third kappa shape index (κ3) is 3.22. The normalized spacial score (nSPS) is 10.0. The van der Waals surface area contributed by atoms with Gasteiger partial charge in [0.05, 0.1) is 20.6 Å². The van der Waals surface area contributed by atoms with Crippen molar-refractivity contribution in [2.75, 3.05) is 14.2 Å². The van der Waals surface area contributed by atoms with Crippen molar-refractivity contribution in [1.29, 1.82) is 0 Å². The van der Waals surface area contributed by atoms with E-state index >= 15 is 0 Å². The predicted octanol–water partition coefficient (Wildman–Crippen LogP) is 3.07. The van der Waals surface area contributed by atoms with Crippen LogP contribution in [0.2, 0.25) is 0 Å². The highest BCUT2D eigenvalue weighted by molar-refractivity contribution is 9.10. The Morgan fingerprint density at radius 2 is 2.06 bits per heavy atom. The second-order valence-electron chi connectivity index (χ2n) is 3.13. The first kappa shape index (κ1) is 13.5. The molecule has 0 atom stereocenters. The Morgan fingerprint density at radius 1 is 1.38 bits per heavy atom. The molecule has 5 heteroatoms. The summed E-state index contributed by atoms with van der Waals surface area (Å²) >= 11 is 6.78. The molecule has 0 unspecified atom stereocenters. The molecule has 0 N–H and O–H groups in total. The van der Waals surface area contributed by atoms with Crippen LogP contribution in [0, 0.1) is 0 Å². The monoisotopic (exact) mass is 350 g/mol. The maximum Gasteiger partial charge on any atom is 0.310 e. The lowest BCUT2D eigenvalue weighted by molar-refractivity contribution is -0.139. The van der Waals surface area contributed by atoms with Crippen molar-refractivity contribution in [2.24, 2.45) is 0 Å². The van der Waals surface area contributed by atoms with Crippen LogP contribution in [0.3, 0.4) is 0 Å². The number of esters is 1. The molecular weight excluding hydrogens is 340 g/mol. The minimum atomic E-state index is -0.275. The van der Waals surface area contributed by atoms with Gasteiger partial charge in [0, 0.05) is 15.4 Å². The molecule has 0 aliphatic carbocycles. The molecule has 0 saturated carbocycles. The van der Waals surface area contributed by atoms with Gasteiger partial charge in [-0.2, -0.15) is 0 Å². The predicted molar refractivity (Wildman–Crippen MR) is 69.0 cm³/mol. The van der Waals surface area contributed by atoms with Crippen molar-refractivity contribution >= 4 is 37.8 Å². The molecule has 0 saturated heterocycles. The largest absolute Gasteiger partial charge is 0.496 e. The fourth-order valence-corrected chi connectivity index (χ4v) is 2.37. The van der Waals surface area contributed by atoms with Gasteiger partial charge in [0.2, 0.25) is 0 Å². The van der Waals surface area contributed by atoms with Gasteiger partial charge in [-0.1, -0.05) is 31.9 Å². The third-order valence-electron chi connectivity index (χ3n) is 2.18. The third-order valence-corrected chi connectivity index (χ3v) is 3.24. The highest BCUT2D eigenvalue weighted by Gasteiger charge is 2.14. The van der Waals surface area contributed by atoms with E-state index in [1.807, 2.05) is 12.1 Å². The minimum Gasteiger partial charge on any atom is -0.496 e. The van der Waals surface area contributed by atoms with Crippen LogP contribution in [0.1, 0.15) is 11.1 Å². The number of alkyl halides is 1. The van der Waals surface area contributed by atoms with Crippen molar-refractivity contribution < 1.29 is 14.3 Å². The van der Waals surface area contributed by atoms with E-state index in [0.717, 1.165) is 15.6 Å². The minimum absolute atomic E-state index is 0.216. The molecule has 1 aromatic rings. The number of benzene rings is 1. The Morgan fingerprint density at radius 3 is 2.56 bits per heavy atom. The Labute approximate surface area is 111 Å². The summed E-state index contributed by atoms with van der Waals surface area (Å²) in [6.45, 7) is 0. The molecule has 1 aromatic carbocycles. The summed E-state index contributed by atoms with van der Waals surface area (Å²) in [5.74, 6) is 0.414. The first-order chi connectivity index (χ1) is 7.62. The van der Waals surface area contributed by atoms with Crippen molar-refractivity contribution in [3.8, 4) is 5.75 Å². The fourth-order valence-electron chi connectivity index (χ4n) is 1.38. The van der Waals surface area contributed by atoms with Crippen LogP contribution in [0.25, 0.3) is 0 Å². The molecular formula is C11H12Br2O3. The van der Waals surface area contributed by atoms with Crippen molar-refractivity contribution in [2.45, 2.75) is 11.8 Å². The van der Waals surface area contributed by atoms with Crippen LogP contribution >= 0.6 is 31.9 Å². The zero-order valence-corrected chi connectivity index (χ0v) is 12.2. The quantitative estimate of drug-likeness (QED) is 0.617. The average Bonchev–Trinajstić information content (AvgIpc) is 2.30. The van der Waals surface area contributed by atoms with Gasteiger partial charge in [0.1, 0.15) is 5.75 Å². The highest BCUT2D eigenvalue weighted by atomic mass is 79.9. The molecule has 88 valence electrons. The van der Waals surface area contributed by atoms with E-state index in [1.54, 1.807) is 7.11 Å². The summed E-state index contributed by atoms with van der Waals surface area (Å²) < 4.78 is 10.8. The Bertz CT molecular complexity index is 366. The molecule has 0 aromatic heterocycles. The maximum atomic E-state index is 11.3. The van der Waals surface area contributed by atoms with Gasteiger partial charge in [-0.05, 0) is 17.7 Å².